The van der Waals surface area contributed by atoms with E-state index in [1.54, 1.807) is 0 Å². The number of aryl methyl sites for hydroxylation is 1. The molecule has 1 amide bonds. The van der Waals surface area contributed by atoms with E-state index in [9.17, 15) is 4.79 Å². The van der Waals surface area contributed by atoms with Crippen LogP contribution in [0, 0.1) is 5.92 Å². The van der Waals surface area contributed by atoms with Gasteiger partial charge in [0.1, 0.15) is 0 Å². The maximum absolute atomic E-state index is 12.7. The number of hydrogen-bond acceptors (Lipinski definition) is 5. The minimum absolute atomic E-state index is 0.00438. The highest BCUT2D eigenvalue weighted by atomic mass is 16.5. The number of carbonyl (C=O) groups is 1. The summed E-state index contributed by atoms with van der Waals surface area (Å²) in [5, 5.41) is 3.11. The molecule has 29 heavy (non-hydrogen) atoms. The van der Waals surface area contributed by atoms with Gasteiger partial charge in [0.05, 0.1) is 13.2 Å². The number of fused-ring (bicyclic) bond motifs is 1. The van der Waals surface area contributed by atoms with Crippen molar-refractivity contribution in [2.75, 3.05) is 31.2 Å². The molecule has 0 radical (unpaired) electrons. The molecule has 6 heteroatoms. The molecule has 6 nitrogen and oxygen atoms in total. The topological polar surface area (TPSA) is 67.4 Å². The Kier molecular flexibility index (Phi) is 6.09. The molecule has 1 fully saturated rings. The number of carbonyl (C=O) groups excluding carboxylic acids is 1. The van der Waals surface area contributed by atoms with E-state index < -0.39 is 0 Å². The van der Waals surface area contributed by atoms with E-state index in [0.29, 0.717) is 12.5 Å². The minimum Gasteiger partial charge on any atom is -0.378 e. The van der Waals surface area contributed by atoms with Crippen LogP contribution in [0.2, 0.25) is 0 Å². The van der Waals surface area contributed by atoms with Crippen LogP contribution >= 0.6 is 0 Å². The molecule has 2 aromatic rings. The third kappa shape index (κ3) is 4.75. The van der Waals surface area contributed by atoms with Crippen molar-refractivity contribution in [2.45, 2.75) is 45.6 Å². The Morgan fingerprint density at radius 1 is 1.24 bits per heavy atom. The molecule has 1 aliphatic heterocycles. The molecule has 1 N–H and O–H groups in total. The molecule has 1 aliphatic carbocycles. The van der Waals surface area contributed by atoms with Gasteiger partial charge in [-0.25, -0.2) is 9.97 Å². The van der Waals surface area contributed by atoms with Crippen LogP contribution in [-0.2, 0) is 28.9 Å². The summed E-state index contributed by atoms with van der Waals surface area (Å²) in [7, 11) is 0. The number of ether oxygens (including phenoxy) is 1. The predicted molar refractivity (Wildman–Crippen MR) is 113 cm³/mol. The summed E-state index contributed by atoms with van der Waals surface area (Å²) in [6, 6.07) is 8.50. The zero-order valence-electron chi connectivity index (χ0n) is 17.4. The van der Waals surface area contributed by atoms with Gasteiger partial charge in [0.25, 0.3) is 0 Å². The second kappa shape index (κ2) is 8.91. The van der Waals surface area contributed by atoms with E-state index in [2.05, 4.69) is 53.3 Å². The molecule has 1 saturated heterocycles. The summed E-state index contributed by atoms with van der Waals surface area (Å²) in [5.74, 6) is 1.43. The Morgan fingerprint density at radius 2 is 2.00 bits per heavy atom. The monoisotopic (exact) mass is 394 g/mol. The van der Waals surface area contributed by atoms with Gasteiger partial charge in [0.15, 0.2) is 0 Å². The third-order valence-electron chi connectivity index (χ3n) is 5.92. The second-order valence-corrected chi connectivity index (χ2v) is 8.30. The zero-order chi connectivity index (χ0) is 20.2. The molecule has 0 spiro atoms. The fourth-order valence-electron chi connectivity index (χ4n) is 3.99. The molecule has 1 unspecified atom stereocenters. The van der Waals surface area contributed by atoms with Crippen LogP contribution in [0.4, 0.5) is 5.95 Å². The van der Waals surface area contributed by atoms with Crippen molar-refractivity contribution in [1.82, 2.24) is 15.3 Å². The van der Waals surface area contributed by atoms with Crippen LogP contribution in [0.1, 0.15) is 48.6 Å². The maximum atomic E-state index is 12.7. The number of rotatable bonds is 5. The van der Waals surface area contributed by atoms with Gasteiger partial charge in [-0.1, -0.05) is 38.1 Å². The smallest absolute Gasteiger partial charge is 0.225 e. The average Bonchev–Trinajstić information content (AvgIpc) is 2.77. The number of aromatic nitrogens is 2. The van der Waals surface area contributed by atoms with Crippen molar-refractivity contribution < 1.29 is 9.53 Å². The molecule has 1 aromatic carbocycles. The molecule has 154 valence electrons. The fourth-order valence-corrected chi connectivity index (χ4v) is 3.99. The molecule has 0 bridgehead atoms. The molecule has 4 rings (SSSR count). The molecule has 0 saturated carbocycles. The Hall–Kier alpha value is -2.47. The largest absolute Gasteiger partial charge is 0.378 e. The Labute approximate surface area is 172 Å². The Balaban J connectivity index is 1.33. The lowest BCUT2D eigenvalue weighted by molar-refractivity contribution is -0.125. The lowest BCUT2D eigenvalue weighted by Gasteiger charge is -2.28. The average molecular weight is 395 g/mol. The number of nitrogens with one attached hydrogen (secondary N) is 1. The van der Waals surface area contributed by atoms with Crippen LogP contribution in [-0.4, -0.2) is 42.2 Å². The molecule has 1 aromatic heterocycles. The molecule has 2 aliphatic rings. The quantitative estimate of drug-likeness (QED) is 0.845. The zero-order valence-corrected chi connectivity index (χ0v) is 17.4. The van der Waals surface area contributed by atoms with Crippen LogP contribution in [0.25, 0.3) is 0 Å². The van der Waals surface area contributed by atoms with Crippen LogP contribution in [0.3, 0.4) is 0 Å². The van der Waals surface area contributed by atoms with Crippen LogP contribution < -0.4 is 10.2 Å². The highest BCUT2D eigenvalue weighted by Crippen LogP contribution is 2.26. The fraction of sp³-hybridized carbons (Fsp3) is 0.522. The lowest BCUT2D eigenvalue weighted by atomic mass is 9.86. The summed E-state index contributed by atoms with van der Waals surface area (Å²) in [5.41, 5.74) is 4.65. The maximum Gasteiger partial charge on any atom is 0.225 e. The summed E-state index contributed by atoms with van der Waals surface area (Å²) in [4.78, 5) is 24.2. The lowest BCUT2D eigenvalue weighted by Crippen LogP contribution is -2.38. The van der Waals surface area contributed by atoms with Gasteiger partial charge in [-0.15, -0.1) is 0 Å². The number of benzene rings is 1. The minimum atomic E-state index is -0.00438. The molecule has 1 atom stereocenters. The highest BCUT2D eigenvalue weighted by Gasteiger charge is 2.26. The van der Waals surface area contributed by atoms with Gasteiger partial charge in [-0.05, 0) is 41.9 Å². The van der Waals surface area contributed by atoms with Gasteiger partial charge in [-0.3, -0.25) is 4.79 Å². The van der Waals surface area contributed by atoms with Gasteiger partial charge in [-0.2, -0.15) is 0 Å². The van der Waals surface area contributed by atoms with Crippen LogP contribution in [0.5, 0.6) is 0 Å². The van der Waals surface area contributed by atoms with E-state index in [1.165, 1.54) is 5.56 Å². The first kappa shape index (κ1) is 19.8. The number of morpholine rings is 1. The molecule has 2 heterocycles. The summed E-state index contributed by atoms with van der Waals surface area (Å²) < 4.78 is 5.40. The van der Waals surface area contributed by atoms with Crippen LogP contribution in [0.15, 0.2) is 30.5 Å². The normalized spacial score (nSPS) is 19.1. The van der Waals surface area contributed by atoms with Crippen molar-refractivity contribution in [3.8, 4) is 0 Å². The van der Waals surface area contributed by atoms with Crippen molar-refractivity contribution in [1.29, 1.82) is 0 Å². The number of amides is 1. The van der Waals surface area contributed by atoms with Gasteiger partial charge in [0.2, 0.25) is 11.9 Å². The van der Waals surface area contributed by atoms with Gasteiger partial charge < -0.3 is 15.0 Å². The standard InChI is InChI=1S/C23H30N4O2/c1-16(2)18-5-3-17(4-6-18)14-24-22(28)19-7-8-21-20(13-19)15-25-23(26-21)27-9-11-29-12-10-27/h3-6,15-16,19H,7-14H2,1-2H3,(H,24,28). The van der Waals surface area contributed by atoms with E-state index >= 15 is 0 Å². The first-order valence-corrected chi connectivity index (χ1v) is 10.6. The Bertz CT molecular complexity index is 844. The first-order valence-electron chi connectivity index (χ1n) is 10.6. The van der Waals surface area contributed by atoms with Gasteiger partial charge in [0, 0.05) is 37.4 Å². The van der Waals surface area contributed by atoms with E-state index in [0.717, 1.165) is 68.3 Å². The van der Waals surface area contributed by atoms with Crippen molar-refractivity contribution in [3.63, 3.8) is 0 Å². The Morgan fingerprint density at radius 3 is 2.72 bits per heavy atom. The van der Waals surface area contributed by atoms with Crippen molar-refractivity contribution in [2.24, 2.45) is 5.92 Å². The SMILES string of the molecule is CC(C)c1ccc(CNC(=O)C2CCc3nc(N4CCOCC4)ncc3C2)cc1. The second-order valence-electron chi connectivity index (χ2n) is 8.30. The summed E-state index contributed by atoms with van der Waals surface area (Å²) >= 11 is 0. The number of nitrogens with zero attached hydrogens (tertiary/aromatic N) is 3. The molecular formula is C23H30N4O2. The molecular weight excluding hydrogens is 364 g/mol. The van der Waals surface area contributed by atoms with Crippen molar-refractivity contribution in [3.05, 3.63) is 52.8 Å². The number of anilines is 1. The third-order valence-corrected chi connectivity index (χ3v) is 5.92. The van der Waals surface area contributed by atoms with E-state index in [1.807, 2.05) is 6.20 Å². The first-order chi connectivity index (χ1) is 14.1. The van der Waals surface area contributed by atoms with Gasteiger partial charge >= 0.3 is 0 Å². The predicted octanol–water partition coefficient (Wildman–Crippen LogP) is 2.86. The summed E-state index contributed by atoms with van der Waals surface area (Å²) in [6.07, 6.45) is 4.30. The number of hydrogen-bond donors (Lipinski definition) is 1. The van der Waals surface area contributed by atoms with E-state index in [-0.39, 0.29) is 11.8 Å². The summed E-state index contributed by atoms with van der Waals surface area (Å²) in [6.45, 7) is 8.07. The highest BCUT2D eigenvalue weighted by molar-refractivity contribution is 5.79. The van der Waals surface area contributed by atoms with E-state index in [4.69, 9.17) is 9.72 Å². The van der Waals surface area contributed by atoms with Crippen molar-refractivity contribution >= 4 is 11.9 Å².